The molecular weight excluding hydrogens is 418 g/mol. The predicted octanol–water partition coefficient (Wildman–Crippen LogP) is 1.34. The average molecular weight is 452 g/mol. The first-order valence-electron chi connectivity index (χ1n) is 12.0. The molecule has 1 unspecified atom stereocenters. The lowest BCUT2D eigenvalue weighted by atomic mass is 9.95. The van der Waals surface area contributed by atoms with Crippen molar-refractivity contribution >= 4 is 29.4 Å². The first-order valence-corrected chi connectivity index (χ1v) is 12.0. The summed E-state index contributed by atoms with van der Waals surface area (Å²) >= 11 is 0. The Morgan fingerprint density at radius 3 is 2.30 bits per heavy atom. The molecule has 1 saturated carbocycles. The molecule has 3 heterocycles. The number of hydrogen-bond donors (Lipinski definition) is 4. The first kappa shape index (κ1) is 21.8. The van der Waals surface area contributed by atoms with Gasteiger partial charge in [-0.05, 0) is 62.8 Å². The Kier molecular flexibility index (Phi) is 5.97. The summed E-state index contributed by atoms with van der Waals surface area (Å²) in [5.74, 6) is -0.895. The molecule has 0 bridgehead atoms. The maximum absolute atomic E-state index is 12.7. The maximum Gasteiger partial charge on any atom is 0.266 e. The van der Waals surface area contributed by atoms with E-state index in [-0.39, 0.29) is 5.92 Å². The van der Waals surface area contributed by atoms with Crippen molar-refractivity contribution in [1.82, 2.24) is 15.5 Å². The molecule has 1 atom stereocenters. The Morgan fingerprint density at radius 2 is 1.73 bits per heavy atom. The van der Waals surface area contributed by atoms with Crippen molar-refractivity contribution in [3.05, 3.63) is 36.0 Å². The number of nitrogens with zero attached hydrogens (tertiary/aromatic N) is 3. The van der Waals surface area contributed by atoms with E-state index in [9.17, 15) is 9.59 Å². The Balaban J connectivity index is 1.19. The highest BCUT2D eigenvalue weighted by Crippen LogP contribution is 2.28. The third-order valence-electron chi connectivity index (χ3n) is 6.93. The second-order valence-corrected chi connectivity index (χ2v) is 9.46. The molecule has 1 aromatic carbocycles. The van der Waals surface area contributed by atoms with Gasteiger partial charge in [0.15, 0.2) is 0 Å². The van der Waals surface area contributed by atoms with Crippen LogP contribution in [0.2, 0.25) is 0 Å². The lowest BCUT2D eigenvalue weighted by Crippen LogP contribution is -2.61. The molecule has 3 fully saturated rings. The molecular formula is C24H33N7O2. The van der Waals surface area contributed by atoms with E-state index < -0.39 is 11.8 Å². The van der Waals surface area contributed by atoms with Gasteiger partial charge >= 0.3 is 0 Å². The Bertz CT molecular complexity index is 942. The van der Waals surface area contributed by atoms with Crippen LogP contribution in [0.1, 0.15) is 38.5 Å². The van der Waals surface area contributed by atoms with Gasteiger partial charge < -0.3 is 26.2 Å². The van der Waals surface area contributed by atoms with Gasteiger partial charge in [-0.1, -0.05) is 0 Å². The van der Waals surface area contributed by atoms with Gasteiger partial charge in [0.2, 0.25) is 5.91 Å². The monoisotopic (exact) mass is 451 g/mol. The number of carbonyl (C=O) groups excluding carboxylic acids is 2. The zero-order valence-corrected chi connectivity index (χ0v) is 18.9. The molecule has 33 heavy (non-hydrogen) atoms. The van der Waals surface area contributed by atoms with Gasteiger partial charge in [0, 0.05) is 61.9 Å². The molecule has 5 rings (SSSR count). The summed E-state index contributed by atoms with van der Waals surface area (Å²) in [7, 11) is 0. The van der Waals surface area contributed by atoms with Crippen LogP contribution in [0.25, 0.3) is 0 Å². The summed E-state index contributed by atoms with van der Waals surface area (Å²) in [6.07, 6.45) is 9.42. The van der Waals surface area contributed by atoms with Crippen LogP contribution in [-0.2, 0) is 9.59 Å². The number of benzene rings is 1. The molecule has 9 nitrogen and oxygen atoms in total. The summed E-state index contributed by atoms with van der Waals surface area (Å²) in [5, 5.41) is 10.1. The molecule has 9 heteroatoms. The number of primary amides is 1. The number of hydrogen-bond acceptors (Lipinski definition) is 7. The minimum atomic E-state index is -0.907. The number of rotatable bonds is 7. The number of nitrogens with two attached hydrogens (primary N) is 1. The van der Waals surface area contributed by atoms with Gasteiger partial charge in [0.25, 0.3) is 11.8 Å². The molecule has 5 N–H and O–H groups in total. The lowest BCUT2D eigenvalue weighted by Gasteiger charge is -2.36. The lowest BCUT2D eigenvalue weighted by molar-refractivity contribution is -0.135. The molecule has 4 aliphatic rings. The maximum atomic E-state index is 12.7. The third-order valence-corrected chi connectivity index (χ3v) is 6.93. The van der Waals surface area contributed by atoms with Crippen LogP contribution in [0.4, 0.5) is 11.4 Å². The minimum absolute atomic E-state index is 0.169. The highest BCUT2D eigenvalue weighted by molar-refractivity contribution is 6.11. The fourth-order valence-corrected chi connectivity index (χ4v) is 4.81. The van der Waals surface area contributed by atoms with Gasteiger partial charge in [0.05, 0.1) is 5.57 Å². The van der Waals surface area contributed by atoms with Gasteiger partial charge in [-0.25, -0.2) is 4.99 Å². The van der Waals surface area contributed by atoms with Gasteiger partial charge in [-0.3, -0.25) is 14.9 Å². The predicted molar refractivity (Wildman–Crippen MR) is 129 cm³/mol. The van der Waals surface area contributed by atoms with Gasteiger partial charge in [-0.2, -0.15) is 0 Å². The van der Waals surface area contributed by atoms with E-state index in [0.717, 1.165) is 76.1 Å². The Hall–Kier alpha value is -3.07. The molecule has 176 valence electrons. The number of piperidine rings is 1. The topological polar surface area (TPSA) is 115 Å². The number of likely N-dealkylation sites (tertiary alicyclic amines) is 1. The number of anilines is 2. The van der Waals surface area contributed by atoms with E-state index in [1.54, 1.807) is 6.20 Å². The fraction of sp³-hybridized carbons (Fsp3) is 0.542. The number of aliphatic imine (C=N–C) groups is 1. The number of amides is 2. The molecule has 1 aromatic rings. The number of nitrogens with one attached hydrogen (secondary N) is 3. The second-order valence-electron chi connectivity index (χ2n) is 9.46. The number of carbonyl (C=O) groups is 2. The van der Waals surface area contributed by atoms with Crippen LogP contribution in [0.5, 0.6) is 0 Å². The molecule has 0 radical (unpaired) electrons. The summed E-state index contributed by atoms with van der Waals surface area (Å²) in [5.41, 5.74) is 7.77. The van der Waals surface area contributed by atoms with Crippen molar-refractivity contribution in [2.75, 3.05) is 36.4 Å². The normalized spacial score (nSPS) is 25.5. The third kappa shape index (κ3) is 4.98. The van der Waals surface area contributed by atoms with E-state index in [1.807, 2.05) is 12.1 Å². The summed E-state index contributed by atoms with van der Waals surface area (Å²) in [6, 6.07) is 8.67. The molecule has 1 aliphatic carbocycles. The molecule has 2 saturated heterocycles. The zero-order valence-electron chi connectivity index (χ0n) is 18.9. The smallest absolute Gasteiger partial charge is 0.266 e. The van der Waals surface area contributed by atoms with Crippen LogP contribution >= 0.6 is 0 Å². The van der Waals surface area contributed by atoms with E-state index in [2.05, 4.69) is 42.9 Å². The summed E-state index contributed by atoms with van der Waals surface area (Å²) in [4.78, 5) is 33.1. The van der Waals surface area contributed by atoms with Crippen LogP contribution in [0.15, 0.2) is 41.0 Å². The van der Waals surface area contributed by atoms with E-state index in [4.69, 9.17) is 5.73 Å². The molecule has 0 spiro atoms. The summed E-state index contributed by atoms with van der Waals surface area (Å²) < 4.78 is 0. The minimum Gasteiger partial charge on any atom is -0.371 e. The highest BCUT2D eigenvalue weighted by atomic mass is 16.2. The standard InChI is InChI=1S/C24H33N7O2/c25-22(32)18-15-26-24(27-16-18,28-19-3-4-19)29-20-5-7-21(8-6-20)30-13-9-17(10-14-30)23(33)31-11-1-2-12-31/h5-8,15-17,19,26,28-29H,1-4,9-14H2,(H2,25,32). The van der Waals surface area contributed by atoms with Crippen LogP contribution in [-0.4, -0.2) is 61.1 Å². The van der Waals surface area contributed by atoms with Crippen LogP contribution in [0, 0.1) is 5.92 Å². The Morgan fingerprint density at radius 1 is 1.03 bits per heavy atom. The SMILES string of the molecule is NC(=O)C1=CNC(Nc2ccc(N3CCC(C(=O)N4CCCC4)CC3)cc2)(NC2CC2)N=C1. The molecule has 3 aliphatic heterocycles. The van der Waals surface area contributed by atoms with E-state index in [0.29, 0.717) is 17.5 Å². The molecule has 2 amide bonds. The van der Waals surface area contributed by atoms with Crippen LogP contribution < -0.4 is 26.6 Å². The van der Waals surface area contributed by atoms with E-state index in [1.165, 1.54) is 6.21 Å². The fourth-order valence-electron chi connectivity index (χ4n) is 4.81. The van der Waals surface area contributed by atoms with E-state index >= 15 is 0 Å². The summed E-state index contributed by atoms with van der Waals surface area (Å²) in [6.45, 7) is 3.67. The van der Waals surface area contributed by atoms with Crippen molar-refractivity contribution in [2.45, 2.75) is 50.5 Å². The van der Waals surface area contributed by atoms with Crippen LogP contribution in [0.3, 0.4) is 0 Å². The quantitative estimate of drug-likeness (QED) is 0.465. The molecule has 0 aromatic heterocycles. The van der Waals surface area contributed by atoms with Crippen molar-refractivity contribution < 1.29 is 9.59 Å². The van der Waals surface area contributed by atoms with Crippen molar-refractivity contribution in [2.24, 2.45) is 16.6 Å². The zero-order chi connectivity index (χ0) is 22.8. The van der Waals surface area contributed by atoms with Crippen molar-refractivity contribution in [3.8, 4) is 0 Å². The first-order chi connectivity index (χ1) is 16.0. The largest absolute Gasteiger partial charge is 0.371 e. The van der Waals surface area contributed by atoms with Crippen molar-refractivity contribution in [3.63, 3.8) is 0 Å². The van der Waals surface area contributed by atoms with Gasteiger partial charge in [0.1, 0.15) is 0 Å². The van der Waals surface area contributed by atoms with Gasteiger partial charge in [-0.15, -0.1) is 0 Å². The second kappa shape index (κ2) is 9.05. The average Bonchev–Trinajstić information content (AvgIpc) is 3.46. The highest BCUT2D eigenvalue weighted by Gasteiger charge is 2.37. The van der Waals surface area contributed by atoms with Crippen molar-refractivity contribution in [1.29, 1.82) is 0 Å². The Labute approximate surface area is 194 Å².